The Kier molecular flexibility index (Phi) is 4.18. The quantitative estimate of drug-likeness (QED) is 0.555. The number of nitrogens with zero attached hydrogens (tertiary/aromatic N) is 5. The molecule has 130 valence electrons. The van der Waals surface area contributed by atoms with Gasteiger partial charge >= 0.3 is 0 Å². The van der Waals surface area contributed by atoms with Crippen molar-refractivity contribution < 1.29 is 9.21 Å². The fourth-order valence-electron chi connectivity index (χ4n) is 2.82. The minimum atomic E-state index is -0.109. The molecule has 0 saturated carbocycles. The van der Waals surface area contributed by atoms with Crippen molar-refractivity contribution in [3.8, 4) is 0 Å². The molecule has 0 aliphatic rings. The number of amides is 1. The van der Waals surface area contributed by atoms with Crippen molar-refractivity contribution in [3.63, 3.8) is 0 Å². The average Bonchev–Trinajstić information content (AvgIpc) is 3.32. The molecule has 0 aliphatic heterocycles. The number of furan rings is 1. The first-order chi connectivity index (χ1) is 12.7. The molecule has 26 heavy (non-hydrogen) atoms. The monoisotopic (exact) mass is 347 g/mol. The van der Waals surface area contributed by atoms with Gasteiger partial charge in [-0.05, 0) is 23.8 Å². The molecule has 0 atom stereocenters. The van der Waals surface area contributed by atoms with Crippen LogP contribution >= 0.6 is 0 Å². The van der Waals surface area contributed by atoms with Crippen molar-refractivity contribution in [3.05, 3.63) is 78.4 Å². The van der Waals surface area contributed by atoms with E-state index in [9.17, 15) is 4.79 Å². The van der Waals surface area contributed by atoms with Crippen molar-refractivity contribution in [1.29, 1.82) is 0 Å². The minimum Gasteiger partial charge on any atom is -0.472 e. The van der Waals surface area contributed by atoms with E-state index in [-0.39, 0.29) is 5.91 Å². The molecule has 7 heteroatoms. The second kappa shape index (κ2) is 6.79. The highest BCUT2D eigenvalue weighted by molar-refractivity contribution is 5.96. The maximum atomic E-state index is 12.6. The van der Waals surface area contributed by atoms with Crippen molar-refractivity contribution in [2.75, 3.05) is 7.05 Å². The molecular weight excluding hydrogens is 330 g/mol. The third kappa shape index (κ3) is 3.19. The van der Waals surface area contributed by atoms with Crippen LogP contribution in [0.4, 0.5) is 0 Å². The molecule has 0 aromatic carbocycles. The molecule has 4 rings (SSSR count). The van der Waals surface area contributed by atoms with Crippen molar-refractivity contribution in [2.45, 2.75) is 13.1 Å². The van der Waals surface area contributed by atoms with Crippen LogP contribution in [0.25, 0.3) is 11.2 Å². The summed E-state index contributed by atoms with van der Waals surface area (Å²) in [5, 5.41) is 0. The summed E-state index contributed by atoms with van der Waals surface area (Å²) < 4.78 is 6.98. The van der Waals surface area contributed by atoms with Gasteiger partial charge in [-0.15, -0.1) is 0 Å². The molecule has 7 nitrogen and oxygen atoms in total. The molecule has 0 fully saturated rings. The number of pyridine rings is 2. The Balaban J connectivity index is 1.55. The van der Waals surface area contributed by atoms with Crippen LogP contribution in [0.1, 0.15) is 21.5 Å². The van der Waals surface area contributed by atoms with Gasteiger partial charge in [0.1, 0.15) is 5.52 Å². The van der Waals surface area contributed by atoms with Gasteiger partial charge in [-0.2, -0.15) is 0 Å². The van der Waals surface area contributed by atoms with Crippen LogP contribution in [0.15, 0.2) is 66.1 Å². The maximum Gasteiger partial charge on any atom is 0.255 e. The summed E-state index contributed by atoms with van der Waals surface area (Å²) >= 11 is 0. The summed E-state index contributed by atoms with van der Waals surface area (Å²) in [7, 11) is 1.75. The van der Waals surface area contributed by atoms with E-state index in [2.05, 4.69) is 15.0 Å². The highest BCUT2D eigenvalue weighted by Gasteiger charge is 2.15. The van der Waals surface area contributed by atoms with E-state index in [0.29, 0.717) is 24.2 Å². The zero-order valence-electron chi connectivity index (χ0n) is 14.2. The Morgan fingerprint density at radius 2 is 2.15 bits per heavy atom. The topological polar surface area (TPSA) is 77.0 Å². The molecule has 0 aliphatic carbocycles. The van der Waals surface area contributed by atoms with Gasteiger partial charge in [0.25, 0.3) is 5.91 Å². The van der Waals surface area contributed by atoms with Gasteiger partial charge in [-0.3, -0.25) is 9.78 Å². The number of imidazole rings is 1. The van der Waals surface area contributed by atoms with Crippen LogP contribution in [-0.4, -0.2) is 37.4 Å². The molecule has 4 aromatic heterocycles. The Morgan fingerprint density at radius 1 is 1.23 bits per heavy atom. The number of hydrogen-bond donors (Lipinski definition) is 0. The summed E-state index contributed by atoms with van der Waals surface area (Å²) in [6, 6.07) is 7.51. The van der Waals surface area contributed by atoms with Crippen LogP contribution in [0.3, 0.4) is 0 Å². The molecule has 0 N–H and O–H groups in total. The number of hydrogen-bond acceptors (Lipinski definition) is 5. The van der Waals surface area contributed by atoms with Gasteiger partial charge in [0, 0.05) is 37.7 Å². The van der Waals surface area contributed by atoms with Gasteiger partial charge in [-0.1, -0.05) is 6.07 Å². The molecule has 0 unspecified atom stereocenters. The summed E-state index contributed by atoms with van der Waals surface area (Å²) in [5.41, 5.74) is 3.94. The number of carbonyl (C=O) groups excluding carboxylic acids is 1. The summed E-state index contributed by atoms with van der Waals surface area (Å²) in [5.74, 6) is -0.109. The second-order valence-electron chi connectivity index (χ2n) is 6.09. The Labute approximate surface area is 149 Å². The Hall–Kier alpha value is -3.48. The third-order valence-electron chi connectivity index (χ3n) is 4.12. The smallest absolute Gasteiger partial charge is 0.255 e. The van der Waals surface area contributed by atoms with Crippen LogP contribution in [0.5, 0.6) is 0 Å². The van der Waals surface area contributed by atoms with Crippen LogP contribution < -0.4 is 0 Å². The van der Waals surface area contributed by atoms with Crippen LogP contribution in [0, 0.1) is 0 Å². The molecular formula is C19H17N5O2. The molecule has 0 saturated heterocycles. The first-order valence-electron chi connectivity index (χ1n) is 8.17. The average molecular weight is 347 g/mol. The lowest BCUT2D eigenvalue weighted by Gasteiger charge is -2.16. The predicted molar refractivity (Wildman–Crippen MR) is 95.4 cm³/mol. The summed E-state index contributed by atoms with van der Waals surface area (Å²) in [6.45, 7) is 1.11. The highest BCUT2D eigenvalue weighted by atomic mass is 16.3. The summed E-state index contributed by atoms with van der Waals surface area (Å²) in [4.78, 5) is 27.2. The van der Waals surface area contributed by atoms with Gasteiger partial charge in [0.15, 0.2) is 5.65 Å². The normalized spacial score (nSPS) is 11.0. The number of carbonyl (C=O) groups is 1. The standard InChI is InChI=1S/C19H17N5O2/c1-23(10-15-4-6-26-12-15)19(25)16-7-17-18(21-9-16)24(13-22-17)11-14-3-2-5-20-8-14/h2-9,12-13H,10-11H2,1H3. The largest absolute Gasteiger partial charge is 0.472 e. The van der Waals surface area contributed by atoms with Crippen molar-refractivity contribution in [1.82, 2.24) is 24.4 Å². The fraction of sp³-hybridized carbons (Fsp3) is 0.158. The lowest BCUT2D eigenvalue weighted by atomic mass is 10.2. The van der Waals surface area contributed by atoms with E-state index >= 15 is 0 Å². The molecule has 0 bridgehead atoms. The van der Waals surface area contributed by atoms with Crippen LogP contribution in [-0.2, 0) is 13.1 Å². The van der Waals surface area contributed by atoms with Gasteiger partial charge < -0.3 is 13.9 Å². The fourth-order valence-corrected chi connectivity index (χ4v) is 2.82. The van der Waals surface area contributed by atoms with E-state index in [1.165, 1.54) is 0 Å². The first-order valence-corrected chi connectivity index (χ1v) is 8.17. The second-order valence-corrected chi connectivity index (χ2v) is 6.09. The van der Waals surface area contributed by atoms with Gasteiger partial charge in [-0.25, -0.2) is 9.97 Å². The SMILES string of the molecule is CN(Cc1ccoc1)C(=O)c1cnc2c(c1)ncn2Cc1cccnc1. The Bertz CT molecular complexity index is 1020. The maximum absolute atomic E-state index is 12.6. The van der Waals surface area contributed by atoms with Crippen LogP contribution in [0.2, 0.25) is 0 Å². The zero-order valence-corrected chi connectivity index (χ0v) is 14.2. The number of aromatic nitrogens is 4. The predicted octanol–water partition coefficient (Wildman–Crippen LogP) is 2.74. The van der Waals surface area contributed by atoms with E-state index in [1.807, 2.05) is 29.0 Å². The Morgan fingerprint density at radius 3 is 2.92 bits per heavy atom. The molecule has 0 radical (unpaired) electrons. The molecule has 0 spiro atoms. The number of rotatable bonds is 5. The summed E-state index contributed by atoms with van der Waals surface area (Å²) in [6.07, 6.45) is 10.1. The van der Waals surface area contributed by atoms with Gasteiger partial charge in [0.05, 0.1) is 31.0 Å². The van der Waals surface area contributed by atoms with Crippen molar-refractivity contribution >= 4 is 17.1 Å². The molecule has 4 aromatic rings. The lowest BCUT2D eigenvalue weighted by Crippen LogP contribution is -2.26. The zero-order chi connectivity index (χ0) is 17.9. The van der Waals surface area contributed by atoms with Gasteiger partial charge in [0.2, 0.25) is 0 Å². The van der Waals surface area contributed by atoms with E-state index < -0.39 is 0 Å². The van der Waals surface area contributed by atoms with Crippen molar-refractivity contribution in [2.24, 2.45) is 0 Å². The molecule has 4 heterocycles. The first kappa shape index (κ1) is 16.0. The third-order valence-corrected chi connectivity index (χ3v) is 4.12. The highest BCUT2D eigenvalue weighted by Crippen LogP contribution is 2.15. The van der Waals surface area contributed by atoms with E-state index in [4.69, 9.17) is 4.42 Å². The van der Waals surface area contributed by atoms with E-state index in [1.54, 1.807) is 49.3 Å². The molecule has 1 amide bonds. The number of fused-ring (bicyclic) bond motifs is 1. The lowest BCUT2D eigenvalue weighted by molar-refractivity contribution is 0.0784. The minimum absolute atomic E-state index is 0.109. The van der Waals surface area contributed by atoms with E-state index in [0.717, 1.165) is 16.8 Å².